The van der Waals surface area contributed by atoms with Crippen molar-refractivity contribution < 1.29 is 28.3 Å². The van der Waals surface area contributed by atoms with E-state index in [2.05, 4.69) is 5.16 Å². The Morgan fingerprint density at radius 2 is 1.76 bits per heavy atom. The van der Waals surface area contributed by atoms with Crippen LogP contribution in [-0.4, -0.2) is 32.5 Å². The van der Waals surface area contributed by atoms with Gasteiger partial charge in [0.25, 0.3) is 0 Å². The van der Waals surface area contributed by atoms with Crippen molar-refractivity contribution in [2.45, 2.75) is 6.92 Å². The molecular formula is C22H17NO6. The van der Waals surface area contributed by atoms with Gasteiger partial charge in [0.05, 0.1) is 7.11 Å². The first-order valence-corrected chi connectivity index (χ1v) is 8.99. The first-order chi connectivity index (χ1) is 14.1. The number of carbonyl (C=O) groups is 1. The van der Waals surface area contributed by atoms with Crippen molar-refractivity contribution in [3.05, 3.63) is 58.9 Å². The topological polar surface area (TPSA) is 79.5 Å². The fourth-order valence-electron chi connectivity index (χ4n) is 3.78. The van der Waals surface area contributed by atoms with E-state index in [0.29, 0.717) is 45.2 Å². The van der Waals surface area contributed by atoms with Crippen molar-refractivity contribution in [2.24, 2.45) is 5.16 Å². The molecule has 0 radical (unpaired) electrons. The first kappa shape index (κ1) is 17.4. The fraction of sp³-hybridized carbons (Fsp3) is 0.182. The van der Waals surface area contributed by atoms with E-state index in [1.54, 1.807) is 25.3 Å². The number of hydrogen-bond acceptors (Lipinski definition) is 7. The minimum absolute atomic E-state index is 0.122. The quantitative estimate of drug-likeness (QED) is 0.625. The summed E-state index contributed by atoms with van der Waals surface area (Å²) in [6.45, 7) is 1.99. The molecular weight excluding hydrogens is 374 g/mol. The second-order valence-electron chi connectivity index (χ2n) is 6.71. The second kappa shape index (κ2) is 6.41. The van der Waals surface area contributed by atoms with E-state index in [-0.39, 0.29) is 12.6 Å². The summed E-state index contributed by atoms with van der Waals surface area (Å²) < 4.78 is 22.2. The summed E-state index contributed by atoms with van der Waals surface area (Å²) in [6.07, 6.45) is 1.56. The highest BCUT2D eigenvalue weighted by molar-refractivity contribution is 6.41. The smallest absolute Gasteiger partial charge is 0.231 e. The molecule has 0 saturated heterocycles. The summed E-state index contributed by atoms with van der Waals surface area (Å²) in [4.78, 5) is 18.1. The third-order valence-corrected chi connectivity index (χ3v) is 5.03. The van der Waals surface area contributed by atoms with Crippen LogP contribution in [-0.2, 0) is 4.84 Å². The number of methoxy groups -OCH3 is 1. The van der Waals surface area contributed by atoms with Gasteiger partial charge < -0.3 is 23.5 Å². The highest BCUT2D eigenvalue weighted by Crippen LogP contribution is 2.41. The van der Waals surface area contributed by atoms with Crippen LogP contribution in [0, 0.1) is 6.92 Å². The largest absolute Gasteiger partial charge is 0.493 e. The van der Waals surface area contributed by atoms with Gasteiger partial charge in [-0.05, 0) is 48.9 Å². The molecule has 0 atom stereocenters. The minimum atomic E-state index is -0.146. The van der Waals surface area contributed by atoms with E-state index >= 15 is 0 Å². The normalized spacial score (nSPS) is 16.2. The van der Waals surface area contributed by atoms with Gasteiger partial charge in [-0.1, -0.05) is 5.16 Å². The Kier molecular flexibility index (Phi) is 3.84. The van der Waals surface area contributed by atoms with Crippen LogP contribution in [0.4, 0.5) is 0 Å². The Bertz CT molecular complexity index is 1230. The van der Waals surface area contributed by atoms with Gasteiger partial charge in [0.1, 0.15) is 18.6 Å². The molecule has 0 spiro atoms. The van der Waals surface area contributed by atoms with Crippen molar-refractivity contribution in [1.82, 2.24) is 0 Å². The van der Waals surface area contributed by atoms with Crippen LogP contribution >= 0.6 is 0 Å². The van der Waals surface area contributed by atoms with Crippen molar-refractivity contribution in [2.75, 3.05) is 21.0 Å². The molecule has 7 heteroatoms. The lowest BCUT2D eigenvalue weighted by Crippen LogP contribution is -2.17. The van der Waals surface area contributed by atoms with Gasteiger partial charge in [-0.3, -0.25) is 4.79 Å². The number of nitrogens with zero attached hydrogens (tertiary/aromatic N) is 1. The molecule has 0 fully saturated rings. The summed E-state index contributed by atoms with van der Waals surface area (Å²) in [6, 6.07) is 9.06. The average molecular weight is 391 g/mol. The monoisotopic (exact) mass is 391 g/mol. The highest BCUT2D eigenvalue weighted by Gasteiger charge is 2.30. The molecule has 3 aromatic rings. The number of ether oxygens (including phenoxy) is 3. The molecule has 1 aromatic heterocycles. The molecule has 146 valence electrons. The number of oxime groups is 1. The molecule has 1 aliphatic carbocycles. The minimum Gasteiger partial charge on any atom is -0.493 e. The zero-order valence-corrected chi connectivity index (χ0v) is 16.1. The standard InChI is InChI=1S/C22H17NO6/c1-11-6-16-12(4-5-18(25-2)22(16)29-11)14-7-17(24)13-8-19-20(28-10-27-19)9-15(13)21(14)23-26-3/h4-9H,10H2,1-3H3/b23-21-. The SMILES string of the molecule is CO/N=C1/C(c2ccc(OC)c3oc(C)cc23)=CC(=O)c2cc3c(cc21)OCO3. The molecule has 0 unspecified atom stereocenters. The number of benzene rings is 2. The third kappa shape index (κ3) is 2.58. The van der Waals surface area contributed by atoms with Gasteiger partial charge in [-0.25, -0.2) is 0 Å². The lowest BCUT2D eigenvalue weighted by Gasteiger charge is -2.19. The van der Waals surface area contributed by atoms with Gasteiger partial charge in [-0.15, -0.1) is 0 Å². The molecule has 29 heavy (non-hydrogen) atoms. The molecule has 5 rings (SSSR count). The Morgan fingerprint density at radius 1 is 1.00 bits per heavy atom. The summed E-state index contributed by atoms with van der Waals surface area (Å²) >= 11 is 0. The summed E-state index contributed by atoms with van der Waals surface area (Å²) in [5.41, 5.74) is 3.70. The summed E-state index contributed by atoms with van der Waals surface area (Å²) in [7, 11) is 3.06. The van der Waals surface area contributed by atoms with Gasteiger partial charge in [0.15, 0.2) is 28.6 Å². The van der Waals surface area contributed by atoms with E-state index in [1.165, 1.54) is 7.11 Å². The predicted molar refractivity (Wildman–Crippen MR) is 106 cm³/mol. The summed E-state index contributed by atoms with van der Waals surface area (Å²) in [5, 5.41) is 5.06. The molecule has 0 saturated carbocycles. The van der Waals surface area contributed by atoms with Gasteiger partial charge in [0, 0.05) is 22.1 Å². The van der Waals surface area contributed by atoms with Crippen molar-refractivity contribution in [1.29, 1.82) is 0 Å². The number of ketones is 1. The van der Waals surface area contributed by atoms with Crippen LogP contribution < -0.4 is 14.2 Å². The number of allylic oxidation sites excluding steroid dienone is 2. The van der Waals surface area contributed by atoms with Crippen molar-refractivity contribution >= 4 is 28.0 Å². The number of aryl methyl sites for hydroxylation is 1. The molecule has 0 N–H and O–H groups in total. The molecule has 7 nitrogen and oxygen atoms in total. The van der Waals surface area contributed by atoms with Gasteiger partial charge in [-0.2, -0.15) is 0 Å². The van der Waals surface area contributed by atoms with E-state index in [9.17, 15) is 4.79 Å². The zero-order chi connectivity index (χ0) is 20.1. The Hall–Kier alpha value is -3.74. The van der Waals surface area contributed by atoms with E-state index in [0.717, 1.165) is 16.7 Å². The molecule has 2 aliphatic rings. The number of hydrogen-bond donors (Lipinski definition) is 0. The highest BCUT2D eigenvalue weighted by atomic mass is 16.7. The second-order valence-corrected chi connectivity index (χ2v) is 6.71. The van der Waals surface area contributed by atoms with E-state index in [1.807, 2.05) is 25.1 Å². The molecule has 0 amide bonds. The van der Waals surface area contributed by atoms with Crippen LogP contribution in [0.3, 0.4) is 0 Å². The van der Waals surface area contributed by atoms with Crippen LogP contribution in [0.1, 0.15) is 27.2 Å². The zero-order valence-electron chi connectivity index (χ0n) is 16.1. The third-order valence-electron chi connectivity index (χ3n) is 5.03. The Morgan fingerprint density at radius 3 is 2.48 bits per heavy atom. The van der Waals surface area contributed by atoms with Gasteiger partial charge in [0.2, 0.25) is 6.79 Å². The fourth-order valence-corrected chi connectivity index (χ4v) is 3.78. The lowest BCUT2D eigenvalue weighted by atomic mass is 9.84. The first-order valence-electron chi connectivity index (χ1n) is 8.99. The molecule has 2 aromatic carbocycles. The maximum atomic E-state index is 13.0. The van der Waals surface area contributed by atoms with E-state index < -0.39 is 0 Å². The van der Waals surface area contributed by atoms with Crippen LogP contribution in [0.25, 0.3) is 16.5 Å². The average Bonchev–Trinajstić information content (AvgIpc) is 3.33. The Balaban J connectivity index is 1.75. The molecule has 0 bridgehead atoms. The lowest BCUT2D eigenvalue weighted by molar-refractivity contribution is 0.104. The number of fused-ring (bicyclic) bond motifs is 3. The maximum absolute atomic E-state index is 13.0. The molecule has 2 heterocycles. The number of carbonyl (C=O) groups excluding carboxylic acids is 1. The van der Waals surface area contributed by atoms with Crippen LogP contribution in [0.15, 0.2) is 46.0 Å². The maximum Gasteiger partial charge on any atom is 0.231 e. The van der Waals surface area contributed by atoms with Crippen LogP contribution in [0.5, 0.6) is 17.2 Å². The Labute approximate surface area is 166 Å². The van der Waals surface area contributed by atoms with E-state index in [4.69, 9.17) is 23.5 Å². The summed E-state index contributed by atoms with van der Waals surface area (Å²) in [5.74, 6) is 2.33. The van der Waals surface area contributed by atoms with Gasteiger partial charge >= 0.3 is 0 Å². The number of rotatable bonds is 3. The van der Waals surface area contributed by atoms with Crippen LogP contribution in [0.2, 0.25) is 0 Å². The van der Waals surface area contributed by atoms with Crippen molar-refractivity contribution in [3.63, 3.8) is 0 Å². The number of furan rings is 1. The predicted octanol–water partition coefficient (Wildman–Crippen LogP) is 4.11. The molecule has 1 aliphatic heterocycles. The van der Waals surface area contributed by atoms with Crippen molar-refractivity contribution in [3.8, 4) is 17.2 Å².